The molecule has 0 aliphatic heterocycles. The van der Waals surface area contributed by atoms with Crippen LogP contribution in [0.5, 0.6) is 0 Å². The Morgan fingerprint density at radius 3 is 2.65 bits per heavy atom. The minimum absolute atomic E-state index is 0.340. The Morgan fingerprint density at radius 2 is 1.88 bits per heavy atom. The zero-order valence-electron chi connectivity index (χ0n) is 13.1. The number of nitrogens with one attached hydrogen (secondary N) is 2. The van der Waals surface area contributed by atoms with Crippen LogP contribution in [-0.2, 0) is 6.18 Å². The fraction of sp³-hybridized carbons (Fsp3) is 0.0588. The lowest BCUT2D eigenvalue weighted by molar-refractivity contribution is -0.137. The van der Waals surface area contributed by atoms with Crippen LogP contribution in [0.25, 0.3) is 22.4 Å². The number of nitrogens with zero attached hydrogens (tertiary/aromatic N) is 4. The fourth-order valence-corrected chi connectivity index (χ4v) is 2.45. The van der Waals surface area contributed by atoms with Crippen molar-refractivity contribution in [1.82, 2.24) is 24.9 Å². The third kappa shape index (κ3) is 3.18. The molecule has 0 aliphatic carbocycles. The molecule has 26 heavy (non-hydrogen) atoms. The molecular weight excluding hydrogens is 345 g/mol. The molecule has 1 aromatic carbocycles. The highest BCUT2D eigenvalue weighted by atomic mass is 19.4. The molecule has 0 saturated carbocycles. The third-order valence-electron chi connectivity index (χ3n) is 3.67. The van der Waals surface area contributed by atoms with Crippen molar-refractivity contribution < 1.29 is 13.2 Å². The molecule has 4 aromatic rings. The van der Waals surface area contributed by atoms with Crippen molar-refractivity contribution in [2.45, 2.75) is 6.18 Å². The van der Waals surface area contributed by atoms with Crippen LogP contribution in [0.15, 0.2) is 55.1 Å². The average Bonchev–Trinajstić information content (AvgIpc) is 3.05. The lowest BCUT2D eigenvalue weighted by Gasteiger charge is -2.07. The Balaban J connectivity index is 1.68. The predicted molar refractivity (Wildman–Crippen MR) is 89.6 cm³/mol. The van der Waals surface area contributed by atoms with Gasteiger partial charge in [-0.2, -0.15) is 13.2 Å². The maximum atomic E-state index is 12.9. The summed E-state index contributed by atoms with van der Waals surface area (Å²) in [5.41, 5.74) is 0.815. The molecule has 0 saturated heterocycles. The first-order valence-electron chi connectivity index (χ1n) is 7.55. The summed E-state index contributed by atoms with van der Waals surface area (Å²) in [5, 5.41) is 3.01. The quantitative estimate of drug-likeness (QED) is 0.576. The molecule has 130 valence electrons. The molecule has 0 radical (unpaired) electrons. The molecule has 0 atom stereocenters. The molecule has 9 heteroatoms. The summed E-state index contributed by atoms with van der Waals surface area (Å²) in [4.78, 5) is 19.5. The zero-order valence-corrected chi connectivity index (χ0v) is 13.1. The normalized spacial score (nSPS) is 11.7. The molecule has 3 heterocycles. The molecule has 0 amide bonds. The van der Waals surface area contributed by atoms with Gasteiger partial charge in [-0.25, -0.2) is 19.9 Å². The first kappa shape index (κ1) is 16.0. The summed E-state index contributed by atoms with van der Waals surface area (Å²) in [6.45, 7) is 0. The monoisotopic (exact) mass is 356 g/mol. The van der Waals surface area contributed by atoms with Crippen LogP contribution in [0.3, 0.4) is 0 Å². The van der Waals surface area contributed by atoms with E-state index in [1.165, 1.54) is 12.4 Å². The van der Waals surface area contributed by atoms with E-state index in [9.17, 15) is 13.2 Å². The van der Waals surface area contributed by atoms with Crippen LogP contribution in [0, 0.1) is 0 Å². The molecule has 0 fully saturated rings. The highest BCUT2D eigenvalue weighted by molar-refractivity contribution is 5.81. The number of pyridine rings is 1. The van der Waals surface area contributed by atoms with E-state index >= 15 is 0 Å². The van der Waals surface area contributed by atoms with E-state index in [2.05, 4.69) is 30.2 Å². The number of hydrogen-bond donors (Lipinski definition) is 2. The number of anilines is 2. The van der Waals surface area contributed by atoms with Gasteiger partial charge in [0.15, 0.2) is 0 Å². The predicted octanol–water partition coefficient (Wildman–Crippen LogP) is 4.18. The van der Waals surface area contributed by atoms with Gasteiger partial charge in [-0.15, -0.1) is 0 Å². The van der Waals surface area contributed by atoms with Crippen molar-refractivity contribution in [1.29, 1.82) is 0 Å². The highest BCUT2D eigenvalue weighted by Crippen LogP contribution is 2.32. The van der Waals surface area contributed by atoms with Gasteiger partial charge in [0, 0.05) is 17.8 Å². The zero-order chi connectivity index (χ0) is 18.1. The number of halogens is 3. The van der Waals surface area contributed by atoms with Gasteiger partial charge in [0.25, 0.3) is 0 Å². The molecule has 3 aromatic heterocycles. The van der Waals surface area contributed by atoms with Crippen molar-refractivity contribution in [3.63, 3.8) is 0 Å². The topological polar surface area (TPSA) is 79.4 Å². The number of H-pyrrole nitrogens is 1. The number of benzene rings is 1. The van der Waals surface area contributed by atoms with Crippen molar-refractivity contribution in [3.8, 4) is 11.4 Å². The van der Waals surface area contributed by atoms with Gasteiger partial charge < -0.3 is 10.3 Å². The Kier molecular flexibility index (Phi) is 3.76. The number of imidazole rings is 1. The number of alkyl halides is 3. The summed E-state index contributed by atoms with van der Waals surface area (Å²) in [6, 6.07) is 8.38. The van der Waals surface area contributed by atoms with E-state index in [4.69, 9.17) is 0 Å². The summed E-state index contributed by atoms with van der Waals surface area (Å²) in [7, 11) is 0. The maximum Gasteiger partial charge on any atom is 0.416 e. The van der Waals surface area contributed by atoms with E-state index in [1.807, 2.05) is 0 Å². The molecule has 0 spiro atoms. The van der Waals surface area contributed by atoms with Crippen LogP contribution in [0.2, 0.25) is 0 Å². The van der Waals surface area contributed by atoms with Crippen LogP contribution in [0.1, 0.15) is 5.56 Å². The molecule has 0 unspecified atom stereocenters. The van der Waals surface area contributed by atoms with Crippen LogP contribution >= 0.6 is 0 Å². The van der Waals surface area contributed by atoms with Crippen molar-refractivity contribution in [3.05, 3.63) is 60.7 Å². The van der Waals surface area contributed by atoms with E-state index < -0.39 is 11.7 Å². The van der Waals surface area contributed by atoms with Gasteiger partial charge in [-0.3, -0.25) is 0 Å². The summed E-state index contributed by atoms with van der Waals surface area (Å²) in [6.07, 6.45) is 0.149. The second-order valence-corrected chi connectivity index (χ2v) is 5.47. The molecule has 0 aliphatic rings. The minimum Gasteiger partial charge on any atom is -0.337 e. The van der Waals surface area contributed by atoms with Crippen LogP contribution in [0.4, 0.5) is 24.8 Å². The minimum atomic E-state index is -4.40. The lowest BCUT2D eigenvalue weighted by Crippen LogP contribution is -2.04. The molecule has 2 N–H and O–H groups in total. The highest BCUT2D eigenvalue weighted by Gasteiger charge is 2.30. The van der Waals surface area contributed by atoms with E-state index in [1.54, 1.807) is 30.6 Å². The van der Waals surface area contributed by atoms with Gasteiger partial charge in [-0.1, -0.05) is 12.1 Å². The average molecular weight is 356 g/mol. The SMILES string of the molecule is FC(F)(F)c1cccc(-c2nc3cc(Nc4ccncn4)ncc3[nH]2)c1. The first-order chi connectivity index (χ1) is 12.5. The number of hydrogen-bond acceptors (Lipinski definition) is 5. The van der Waals surface area contributed by atoms with Crippen molar-refractivity contribution >= 4 is 22.7 Å². The first-order valence-corrected chi connectivity index (χ1v) is 7.55. The second kappa shape index (κ2) is 6.10. The van der Waals surface area contributed by atoms with Crippen molar-refractivity contribution in [2.75, 3.05) is 5.32 Å². The smallest absolute Gasteiger partial charge is 0.337 e. The Morgan fingerprint density at radius 1 is 1.00 bits per heavy atom. The second-order valence-electron chi connectivity index (χ2n) is 5.47. The molecule has 0 bridgehead atoms. The molecule has 6 nitrogen and oxygen atoms in total. The van der Waals surface area contributed by atoms with Gasteiger partial charge >= 0.3 is 6.18 Å². The standard InChI is InChI=1S/C17H11F3N6/c18-17(19,20)11-3-1-2-10(6-11)16-24-12-7-15(22-8-13(12)25-16)26-14-4-5-21-9-23-14/h1-9H,(H,24,25)(H,21,22,23,26). The lowest BCUT2D eigenvalue weighted by atomic mass is 10.1. The number of rotatable bonds is 3. The van der Waals surface area contributed by atoms with E-state index in [0.717, 1.165) is 12.1 Å². The summed E-state index contributed by atoms with van der Waals surface area (Å²) >= 11 is 0. The van der Waals surface area contributed by atoms with Gasteiger partial charge in [-0.05, 0) is 18.2 Å². The molecular formula is C17H11F3N6. The maximum absolute atomic E-state index is 12.9. The van der Waals surface area contributed by atoms with Gasteiger partial charge in [0.05, 0.1) is 22.8 Å². The van der Waals surface area contributed by atoms with Crippen molar-refractivity contribution in [2.24, 2.45) is 0 Å². The Hall–Kier alpha value is -3.49. The van der Waals surface area contributed by atoms with E-state index in [0.29, 0.717) is 34.1 Å². The van der Waals surface area contributed by atoms with Gasteiger partial charge in [0.2, 0.25) is 0 Å². The largest absolute Gasteiger partial charge is 0.416 e. The number of aromatic nitrogens is 5. The third-order valence-corrected chi connectivity index (χ3v) is 3.67. The van der Waals surface area contributed by atoms with E-state index in [-0.39, 0.29) is 0 Å². The van der Waals surface area contributed by atoms with Gasteiger partial charge in [0.1, 0.15) is 23.8 Å². The Bertz CT molecular complexity index is 1060. The number of fused-ring (bicyclic) bond motifs is 1. The number of aromatic amines is 1. The summed E-state index contributed by atoms with van der Waals surface area (Å²) in [5.74, 6) is 1.42. The van der Waals surface area contributed by atoms with Crippen LogP contribution in [-0.4, -0.2) is 24.9 Å². The van der Waals surface area contributed by atoms with Crippen LogP contribution < -0.4 is 5.32 Å². The Labute approximate surface area is 145 Å². The molecule has 4 rings (SSSR count). The fourth-order valence-electron chi connectivity index (χ4n) is 2.45. The summed E-state index contributed by atoms with van der Waals surface area (Å²) < 4.78 is 38.7.